The summed E-state index contributed by atoms with van der Waals surface area (Å²) < 4.78 is 27.9. The molecule has 1 aromatic carbocycles. The molecular formula is C10H8F2O3. The van der Waals surface area contributed by atoms with Crippen molar-refractivity contribution in [3.8, 4) is 5.75 Å². The van der Waals surface area contributed by atoms with E-state index in [9.17, 15) is 18.4 Å². The number of Topliss-reactive ketones (excluding diaryl/α,β-unsaturated/α-hetero) is 1. The molecule has 3 nitrogen and oxygen atoms in total. The Morgan fingerprint density at radius 2 is 2.13 bits per heavy atom. The second kappa shape index (κ2) is 4.63. The summed E-state index contributed by atoms with van der Waals surface area (Å²) in [6.07, 6.45) is 0.365. The Morgan fingerprint density at radius 3 is 2.60 bits per heavy atom. The minimum atomic E-state index is -2.99. The maximum Gasteiger partial charge on any atom is 0.387 e. The van der Waals surface area contributed by atoms with E-state index >= 15 is 0 Å². The number of rotatable bonds is 4. The van der Waals surface area contributed by atoms with Crippen LogP contribution in [0.15, 0.2) is 18.2 Å². The number of hydrogen-bond donors (Lipinski definition) is 0. The zero-order valence-electron chi connectivity index (χ0n) is 7.87. The predicted octanol–water partition coefficient (Wildman–Crippen LogP) is 2.30. The molecule has 1 aromatic rings. The van der Waals surface area contributed by atoms with Gasteiger partial charge in [0.2, 0.25) is 0 Å². The molecule has 5 heteroatoms. The number of benzene rings is 1. The molecule has 0 unspecified atom stereocenters. The van der Waals surface area contributed by atoms with Crippen molar-refractivity contribution in [2.24, 2.45) is 0 Å². The second-order valence-electron chi connectivity index (χ2n) is 2.81. The van der Waals surface area contributed by atoms with Crippen LogP contribution in [0.2, 0.25) is 0 Å². The van der Waals surface area contributed by atoms with Gasteiger partial charge in [0.25, 0.3) is 0 Å². The Kier molecular flexibility index (Phi) is 3.49. The number of carbonyl (C=O) groups is 2. The molecule has 0 heterocycles. The van der Waals surface area contributed by atoms with Crippen LogP contribution in [0.25, 0.3) is 0 Å². The summed E-state index contributed by atoms with van der Waals surface area (Å²) in [5.41, 5.74) is 0.210. The fourth-order valence-electron chi connectivity index (χ4n) is 1.06. The first-order valence-corrected chi connectivity index (χ1v) is 4.09. The normalized spacial score (nSPS) is 10.1. The van der Waals surface area contributed by atoms with Gasteiger partial charge < -0.3 is 4.74 Å². The first-order valence-electron chi connectivity index (χ1n) is 4.09. The van der Waals surface area contributed by atoms with Gasteiger partial charge >= 0.3 is 6.61 Å². The van der Waals surface area contributed by atoms with Crippen molar-refractivity contribution in [2.45, 2.75) is 13.5 Å². The van der Waals surface area contributed by atoms with Crippen LogP contribution >= 0.6 is 0 Å². The van der Waals surface area contributed by atoms with E-state index in [1.165, 1.54) is 25.1 Å². The van der Waals surface area contributed by atoms with E-state index in [1.54, 1.807) is 0 Å². The van der Waals surface area contributed by atoms with Gasteiger partial charge in [0, 0.05) is 5.56 Å². The molecule has 0 bridgehead atoms. The molecule has 0 saturated carbocycles. The summed E-state index contributed by atoms with van der Waals surface area (Å²) in [5, 5.41) is 0. The van der Waals surface area contributed by atoms with Crippen molar-refractivity contribution in [1.82, 2.24) is 0 Å². The first-order chi connectivity index (χ1) is 7.04. The highest BCUT2D eigenvalue weighted by atomic mass is 19.3. The van der Waals surface area contributed by atoms with Crippen molar-refractivity contribution in [3.05, 3.63) is 29.3 Å². The van der Waals surface area contributed by atoms with E-state index in [1.807, 2.05) is 0 Å². The summed E-state index contributed by atoms with van der Waals surface area (Å²) >= 11 is 0. The molecule has 0 N–H and O–H groups in total. The zero-order valence-corrected chi connectivity index (χ0v) is 7.87. The van der Waals surface area contributed by atoms with Gasteiger partial charge in [-0.2, -0.15) is 8.78 Å². The van der Waals surface area contributed by atoms with E-state index < -0.39 is 6.61 Å². The summed E-state index contributed by atoms with van der Waals surface area (Å²) in [5.74, 6) is -0.480. The summed E-state index contributed by atoms with van der Waals surface area (Å²) in [7, 11) is 0. The highest BCUT2D eigenvalue weighted by Gasteiger charge is 2.11. The molecule has 0 amide bonds. The van der Waals surface area contributed by atoms with Gasteiger partial charge in [0.05, 0.1) is 5.56 Å². The maximum absolute atomic E-state index is 11.9. The minimum Gasteiger partial charge on any atom is -0.434 e. The van der Waals surface area contributed by atoms with Crippen LogP contribution in [0.1, 0.15) is 27.6 Å². The first kappa shape index (κ1) is 11.3. The topological polar surface area (TPSA) is 43.4 Å². The molecule has 15 heavy (non-hydrogen) atoms. The third-order valence-electron chi connectivity index (χ3n) is 1.76. The third kappa shape index (κ3) is 2.83. The van der Waals surface area contributed by atoms with Crippen LogP contribution in [0, 0.1) is 0 Å². The number of ether oxygens (including phenoxy) is 1. The van der Waals surface area contributed by atoms with Crippen molar-refractivity contribution >= 4 is 12.1 Å². The van der Waals surface area contributed by atoms with Crippen molar-refractivity contribution < 1.29 is 23.1 Å². The average molecular weight is 214 g/mol. The summed E-state index contributed by atoms with van der Waals surface area (Å²) in [6, 6.07) is 3.72. The predicted molar refractivity (Wildman–Crippen MR) is 48.5 cm³/mol. The fourth-order valence-corrected chi connectivity index (χ4v) is 1.06. The Hall–Kier alpha value is -1.78. The Bertz CT molecular complexity index is 388. The van der Waals surface area contributed by atoms with Crippen LogP contribution in [-0.4, -0.2) is 18.7 Å². The van der Waals surface area contributed by atoms with Gasteiger partial charge in [-0.25, -0.2) is 0 Å². The molecule has 0 atom stereocenters. The fraction of sp³-hybridized carbons (Fsp3) is 0.200. The van der Waals surface area contributed by atoms with Crippen LogP contribution in [-0.2, 0) is 0 Å². The molecule has 0 spiro atoms. The van der Waals surface area contributed by atoms with E-state index in [-0.39, 0.29) is 22.7 Å². The van der Waals surface area contributed by atoms with E-state index in [4.69, 9.17) is 0 Å². The number of halogens is 2. The lowest BCUT2D eigenvalue weighted by Gasteiger charge is -2.07. The van der Waals surface area contributed by atoms with Gasteiger partial charge in [-0.15, -0.1) is 0 Å². The molecule has 0 aliphatic heterocycles. The molecule has 0 aliphatic rings. The number of aldehydes is 1. The molecule has 0 radical (unpaired) electrons. The van der Waals surface area contributed by atoms with Crippen LogP contribution in [0.4, 0.5) is 8.78 Å². The van der Waals surface area contributed by atoms with Crippen molar-refractivity contribution in [3.63, 3.8) is 0 Å². The largest absolute Gasteiger partial charge is 0.434 e. The van der Waals surface area contributed by atoms with E-state index in [2.05, 4.69) is 4.74 Å². The third-order valence-corrected chi connectivity index (χ3v) is 1.76. The number of ketones is 1. The van der Waals surface area contributed by atoms with Gasteiger partial charge in [-0.1, -0.05) is 0 Å². The van der Waals surface area contributed by atoms with Crippen molar-refractivity contribution in [2.75, 3.05) is 0 Å². The monoisotopic (exact) mass is 214 g/mol. The smallest absolute Gasteiger partial charge is 0.387 e. The Morgan fingerprint density at radius 1 is 1.47 bits per heavy atom. The SMILES string of the molecule is CC(=O)c1ccc(OC(F)F)c(C=O)c1. The average Bonchev–Trinajstić information content (AvgIpc) is 2.17. The van der Waals surface area contributed by atoms with E-state index in [0.717, 1.165) is 0 Å². The van der Waals surface area contributed by atoms with Crippen molar-refractivity contribution in [1.29, 1.82) is 0 Å². The summed E-state index contributed by atoms with van der Waals surface area (Å²) in [4.78, 5) is 21.5. The number of hydrogen-bond acceptors (Lipinski definition) is 3. The molecular weight excluding hydrogens is 206 g/mol. The van der Waals surface area contributed by atoms with Gasteiger partial charge in [0.1, 0.15) is 5.75 Å². The molecule has 1 rings (SSSR count). The molecule has 0 fully saturated rings. The lowest BCUT2D eigenvalue weighted by atomic mass is 10.1. The molecule has 0 aliphatic carbocycles. The lowest BCUT2D eigenvalue weighted by molar-refractivity contribution is -0.0500. The number of carbonyl (C=O) groups excluding carboxylic acids is 2. The van der Waals surface area contributed by atoms with E-state index in [0.29, 0.717) is 6.29 Å². The Labute approximate surface area is 84.7 Å². The van der Waals surface area contributed by atoms with Gasteiger partial charge in [-0.3, -0.25) is 9.59 Å². The van der Waals surface area contributed by atoms with Gasteiger partial charge in [0.15, 0.2) is 12.1 Å². The van der Waals surface area contributed by atoms with Crippen LogP contribution in [0.5, 0.6) is 5.75 Å². The minimum absolute atomic E-state index is 0.0667. The van der Waals surface area contributed by atoms with Crippen LogP contribution in [0.3, 0.4) is 0 Å². The lowest BCUT2D eigenvalue weighted by Crippen LogP contribution is -2.05. The quantitative estimate of drug-likeness (QED) is 0.570. The second-order valence-corrected chi connectivity index (χ2v) is 2.81. The highest BCUT2D eigenvalue weighted by Crippen LogP contribution is 2.20. The Balaban J connectivity index is 3.09. The highest BCUT2D eigenvalue weighted by molar-refractivity contribution is 5.96. The standard InChI is InChI=1S/C10H8F2O3/c1-6(14)7-2-3-9(15-10(11)12)8(4-7)5-13/h2-5,10H,1H3. The van der Waals surface area contributed by atoms with Gasteiger partial charge in [-0.05, 0) is 25.1 Å². The molecule has 0 aromatic heterocycles. The zero-order chi connectivity index (χ0) is 11.4. The maximum atomic E-state index is 11.9. The molecule has 80 valence electrons. The van der Waals surface area contributed by atoms with Crippen LogP contribution < -0.4 is 4.74 Å². The number of alkyl halides is 2. The summed E-state index contributed by atoms with van der Waals surface area (Å²) in [6.45, 7) is -1.68. The molecule has 0 saturated heterocycles.